The van der Waals surface area contributed by atoms with Crippen molar-refractivity contribution in [3.8, 4) is 0 Å². The Balaban J connectivity index is 2.56. The molecular formula is C10H5N3OS. The predicted molar refractivity (Wildman–Crippen MR) is 58.9 cm³/mol. The fourth-order valence-electron chi connectivity index (χ4n) is 1.18. The fraction of sp³-hybridized carbons (Fsp3) is 0. The molecule has 0 atom stereocenters. The van der Waals surface area contributed by atoms with Crippen LogP contribution in [0.1, 0.15) is 10.4 Å². The number of carbonyl (C=O) groups excluding carboxylic acids is 1. The summed E-state index contributed by atoms with van der Waals surface area (Å²) in [4.78, 5) is 22.8. The molecule has 2 heterocycles. The zero-order chi connectivity index (χ0) is 10.7. The summed E-state index contributed by atoms with van der Waals surface area (Å²) in [5, 5.41) is 2.02. The second-order valence-corrected chi connectivity index (χ2v) is 2.96. The minimum Gasteiger partial charge on any atom is -0.266 e. The molecular weight excluding hydrogens is 210 g/mol. The van der Waals surface area contributed by atoms with Crippen LogP contribution in [0.4, 0.5) is 0 Å². The van der Waals surface area contributed by atoms with Crippen LogP contribution in [-0.2, 0) is 0 Å². The smallest absolute Gasteiger partial charge is 0.266 e. The van der Waals surface area contributed by atoms with Gasteiger partial charge in [0.1, 0.15) is 0 Å². The minimum atomic E-state index is -0.454. The molecule has 0 N–H and O–H groups in total. The van der Waals surface area contributed by atoms with Crippen molar-refractivity contribution < 1.29 is 4.79 Å². The Hall–Kier alpha value is -1.97. The first-order valence-corrected chi connectivity index (χ1v) is 4.55. The molecule has 4 nitrogen and oxygen atoms in total. The molecule has 2 aromatic heterocycles. The number of thiocarbonyl (C=S) groups is 1. The number of carbonyl (C=O) groups is 1. The van der Waals surface area contributed by atoms with Gasteiger partial charge < -0.3 is 0 Å². The Morgan fingerprint density at radius 1 is 1.40 bits per heavy atom. The lowest BCUT2D eigenvalue weighted by atomic mass is 10.2. The molecule has 5 heteroatoms. The molecule has 0 aromatic carbocycles. The highest BCUT2D eigenvalue weighted by atomic mass is 32.1. The van der Waals surface area contributed by atoms with Gasteiger partial charge >= 0.3 is 0 Å². The van der Waals surface area contributed by atoms with E-state index in [0.717, 1.165) is 5.52 Å². The van der Waals surface area contributed by atoms with Gasteiger partial charge in [0.15, 0.2) is 0 Å². The maximum Gasteiger partial charge on any atom is 0.287 e. The van der Waals surface area contributed by atoms with Crippen LogP contribution in [0.2, 0.25) is 0 Å². The Morgan fingerprint density at radius 2 is 2.27 bits per heavy atom. The van der Waals surface area contributed by atoms with Crippen molar-refractivity contribution in [3.05, 3.63) is 36.2 Å². The summed E-state index contributed by atoms with van der Waals surface area (Å²) in [5.74, 6) is -0.454. The molecule has 0 spiro atoms. The molecule has 2 rings (SSSR count). The van der Waals surface area contributed by atoms with E-state index >= 15 is 0 Å². The molecule has 0 fully saturated rings. The van der Waals surface area contributed by atoms with E-state index in [1.54, 1.807) is 18.3 Å². The summed E-state index contributed by atoms with van der Waals surface area (Å²) >= 11 is 4.35. The zero-order valence-electron chi connectivity index (χ0n) is 7.54. The number of aliphatic imine (C=N–C) groups is 1. The Bertz CT molecular complexity index is 576. The molecule has 72 valence electrons. The van der Waals surface area contributed by atoms with Crippen molar-refractivity contribution >= 4 is 34.3 Å². The molecule has 0 unspecified atom stereocenters. The second kappa shape index (κ2) is 4.04. The Kier molecular flexibility index (Phi) is 2.58. The minimum absolute atomic E-state index is 0.360. The summed E-state index contributed by atoms with van der Waals surface area (Å²) in [6.45, 7) is 0. The monoisotopic (exact) mass is 215 g/mol. The van der Waals surface area contributed by atoms with Crippen molar-refractivity contribution in [3.63, 3.8) is 0 Å². The summed E-state index contributed by atoms with van der Waals surface area (Å²) in [6.07, 6.45) is 3.09. The van der Waals surface area contributed by atoms with E-state index in [4.69, 9.17) is 0 Å². The molecule has 1 amide bonds. The average molecular weight is 215 g/mol. The Morgan fingerprint density at radius 3 is 3.07 bits per heavy atom. The predicted octanol–water partition coefficient (Wildman–Crippen LogP) is 1.87. The van der Waals surface area contributed by atoms with Crippen LogP contribution < -0.4 is 0 Å². The first-order chi connectivity index (χ1) is 7.31. The van der Waals surface area contributed by atoms with Gasteiger partial charge in [-0.15, -0.1) is 0 Å². The van der Waals surface area contributed by atoms with Crippen LogP contribution in [0, 0.1) is 0 Å². The van der Waals surface area contributed by atoms with Crippen LogP contribution in [0.25, 0.3) is 11.0 Å². The van der Waals surface area contributed by atoms with Crippen molar-refractivity contribution in [1.82, 2.24) is 9.97 Å². The quantitative estimate of drug-likeness (QED) is 0.538. The molecule has 0 aliphatic carbocycles. The molecule has 0 saturated heterocycles. The maximum absolute atomic E-state index is 11.3. The van der Waals surface area contributed by atoms with Crippen molar-refractivity contribution in [2.75, 3.05) is 0 Å². The van der Waals surface area contributed by atoms with Gasteiger partial charge in [0, 0.05) is 12.4 Å². The standard InChI is InChI=1S/C10H5N3OS/c14-10(13-6-15)7-4-9-8(12-5-7)2-1-3-11-9/h1-5H. The third kappa shape index (κ3) is 1.93. The van der Waals surface area contributed by atoms with E-state index in [1.165, 1.54) is 6.20 Å². The van der Waals surface area contributed by atoms with E-state index in [-0.39, 0.29) is 0 Å². The number of fused-ring (bicyclic) bond motifs is 1. The molecule has 15 heavy (non-hydrogen) atoms. The van der Waals surface area contributed by atoms with Gasteiger partial charge in [-0.1, -0.05) is 0 Å². The van der Waals surface area contributed by atoms with Crippen LogP contribution in [0.5, 0.6) is 0 Å². The molecule has 0 radical (unpaired) electrons. The number of pyridine rings is 2. The summed E-state index contributed by atoms with van der Waals surface area (Å²) in [7, 11) is 0. The highest BCUT2D eigenvalue weighted by Crippen LogP contribution is 2.10. The third-order valence-corrected chi connectivity index (χ3v) is 1.94. The van der Waals surface area contributed by atoms with Gasteiger partial charge in [0.2, 0.25) is 0 Å². The lowest BCUT2D eigenvalue weighted by Crippen LogP contribution is -1.96. The topological polar surface area (TPSA) is 55.2 Å². The van der Waals surface area contributed by atoms with E-state index < -0.39 is 5.91 Å². The highest BCUT2D eigenvalue weighted by molar-refractivity contribution is 7.78. The number of hydrogen-bond donors (Lipinski definition) is 0. The average Bonchev–Trinajstić information content (AvgIpc) is 2.29. The highest BCUT2D eigenvalue weighted by Gasteiger charge is 2.05. The number of isothiocyanates is 1. The van der Waals surface area contributed by atoms with Gasteiger partial charge in [0.05, 0.1) is 21.8 Å². The fourth-order valence-corrected chi connectivity index (χ4v) is 1.26. The normalized spacial score (nSPS) is 9.60. The summed E-state index contributed by atoms with van der Waals surface area (Å²) in [5.41, 5.74) is 1.75. The van der Waals surface area contributed by atoms with Crippen molar-refractivity contribution in [2.45, 2.75) is 0 Å². The van der Waals surface area contributed by atoms with Crippen LogP contribution >= 0.6 is 12.2 Å². The third-order valence-electron chi connectivity index (χ3n) is 1.85. The number of aromatic nitrogens is 2. The van der Waals surface area contributed by atoms with Crippen LogP contribution in [0.15, 0.2) is 35.6 Å². The van der Waals surface area contributed by atoms with Crippen molar-refractivity contribution in [2.24, 2.45) is 4.99 Å². The lowest BCUT2D eigenvalue weighted by molar-refractivity contribution is 0.100. The summed E-state index contributed by atoms with van der Waals surface area (Å²) in [6, 6.07) is 5.23. The van der Waals surface area contributed by atoms with Gasteiger partial charge in [-0.2, -0.15) is 4.99 Å². The van der Waals surface area contributed by atoms with Gasteiger partial charge in [-0.25, -0.2) is 0 Å². The largest absolute Gasteiger partial charge is 0.287 e. The Labute approximate surface area is 90.7 Å². The zero-order valence-corrected chi connectivity index (χ0v) is 8.36. The SMILES string of the molecule is O=C(N=C=S)c1cnc2cccnc2c1. The van der Waals surface area contributed by atoms with Crippen LogP contribution in [0.3, 0.4) is 0 Å². The van der Waals surface area contributed by atoms with Gasteiger partial charge in [-0.3, -0.25) is 14.8 Å². The summed E-state index contributed by atoms with van der Waals surface area (Å²) < 4.78 is 0. The number of nitrogens with zero attached hydrogens (tertiary/aromatic N) is 3. The van der Waals surface area contributed by atoms with E-state index in [2.05, 4.69) is 27.2 Å². The van der Waals surface area contributed by atoms with Gasteiger partial charge in [0.25, 0.3) is 5.91 Å². The number of amides is 1. The first-order valence-electron chi connectivity index (χ1n) is 4.14. The lowest BCUT2D eigenvalue weighted by Gasteiger charge is -1.97. The van der Waals surface area contributed by atoms with Gasteiger partial charge in [-0.05, 0) is 30.4 Å². The molecule has 0 bridgehead atoms. The van der Waals surface area contributed by atoms with Crippen molar-refractivity contribution in [1.29, 1.82) is 0 Å². The number of hydrogen-bond acceptors (Lipinski definition) is 4. The van der Waals surface area contributed by atoms with E-state index in [1.807, 2.05) is 11.2 Å². The second-order valence-electron chi connectivity index (χ2n) is 2.77. The molecule has 0 aliphatic heterocycles. The molecule has 0 aliphatic rings. The number of rotatable bonds is 1. The molecule has 2 aromatic rings. The maximum atomic E-state index is 11.3. The van der Waals surface area contributed by atoms with Crippen LogP contribution in [-0.4, -0.2) is 21.0 Å². The van der Waals surface area contributed by atoms with E-state index in [0.29, 0.717) is 11.1 Å². The van der Waals surface area contributed by atoms with E-state index in [9.17, 15) is 4.79 Å². The molecule has 0 saturated carbocycles. The first kappa shape index (κ1) is 9.58.